The van der Waals surface area contributed by atoms with E-state index >= 15 is 0 Å². The molecule has 1 aromatic heterocycles. The fraction of sp³-hybridized carbons (Fsp3) is 0.389. The molecule has 0 radical (unpaired) electrons. The minimum absolute atomic E-state index is 0.208. The Kier molecular flexibility index (Phi) is 4.13. The Morgan fingerprint density at radius 1 is 1.21 bits per heavy atom. The minimum Gasteiger partial charge on any atom is -0.481 e. The van der Waals surface area contributed by atoms with Crippen molar-refractivity contribution in [2.75, 3.05) is 6.54 Å². The lowest BCUT2D eigenvalue weighted by molar-refractivity contribution is -0.142. The van der Waals surface area contributed by atoms with Gasteiger partial charge >= 0.3 is 5.97 Å². The van der Waals surface area contributed by atoms with Crippen molar-refractivity contribution in [3.05, 3.63) is 47.3 Å². The average Bonchev–Trinajstić information content (AvgIpc) is 3.11. The van der Waals surface area contributed by atoms with Gasteiger partial charge in [-0.25, -0.2) is 4.68 Å². The Balaban J connectivity index is 1.86. The van der Waals surface area contributed by atoms with Crippen molar-refractivity contribution in [3.63, 3.8) is 0 Å². The van der Waals surface area contributed by atoms with Crippen LogP contribution in [0.2, 0.25) is 0 Å². The summed E-state index contributed by atoms with van der Waals surface area (Å²) in [5, 5.41) is 13.7. The van der Waals surface area contributed by atoms with Crippen LogP contribution in [-0.4, -0.2) is 44.3 Å². The summed E-state index contributed by atoms with van der Waals surface area (Å²) in [5.41, 5.74) is 3.27. The van der Waals surface area contributed by atoms with Gasteiger partial charge in [-0.15, -0.1) is 0 Å². The Labute approximate surface area is 140 Å². The Morgan fingerprint density at radius 2 is 1.88 bits per heavy atom. The summed E-state index contributed by atoms with van der Waals surface area (Å²) in [6.45, 7) is 6.15. The molecule has 2 aromatic rings. The number of aryl methyl sites for hydroxylation is 2. The Morgan fingerprint density at radius 3 is 2.46 bits per heavy atom. The first kappa shape index (κ1) is 16.2. The Hall–Kier alpha value is -2.63. The predicted octanol–water partition coefficient (Wildman–Crippen LogP) is 2.42. The molecule has 126 valence electrons. The van der Waals surface area contributed by atoms with E-state index < -0.39 is 11.9 Å². The van der Waals surface area contributed by atoms with Gasteiger partial charge in [0, 0.05) is 18.3 Å². The van der Waals surface area contributed by atoms with Gasteiger partial charge in [-0.05, 0) is 45.4 Å². The summed E-state index contributed by atoms with van der Waals surface area (Å²) in [5.74, 6) is -1.56. The van der Waals surface area contributed by atoms with E-state index in [-0.39, 0.29) is 11.9 Å². The summed E-state index contributed by atoms with van der Waals surface area (Å²) >= 11 is 0. The standard InChI is InChI=1S/C18H21N3O3/c1-11-4-6-14(7-5-11)21-12(2)10-16(19-21)17(22)20-9-8-15(13(20)3)18(23)24/h4-7,10,13,15H,8-9H2,1-3H3,(H,23,24). The molecule has 6 nitrogen and oxygen atoms in total. The highest BCUT2D eigenvalue weighted by molar-refractivity contribution is 5.93. The third kappa shape index (κ3) is 2.79. The van der Waals surface area contributed by atoms with Gasteiger partial charge in [-0.2, -0.15) is 5.10 Å². The molecule has 1 aliphatic heterocycles. The van der Waals surface area contributed by atoms with Gasteiger partial charge in [-0.3, -0.25) is 9.59 Å². The number of benzene rings is 1. The van der Waals surface area contributed by atoms with Crippen LogP contribution < -0.4 is 0 Å². The van der Waals surface area contributed by atoms with Crippen LogP contribution in [-0.2, 0) is 4.79 Å². The number of aromatic nitrogens is 2. The molecule has 6 heteroatoms. The van der Waals surface area contributed by atoms with E-state index in [1.54, 1.807) is 22.6 Å². The fourth-order valence-corrected chi connectivity index (χ4v) is 3.23. The van der Waals surface area contributed by atoms with E-state index in [4.69, 9.17) is 0 Å². The number of amides is 1. The quantitative estimate of drug-likeness (QED) is 0.939. The lowest BCUT2D eigenvalue weighted by Gasteiger charge is -2.22. The molecule has 1 amide bonds. The minimum atomic E-state index is -0.848. The number of carbonyl (C=O) groups excluding carboxylic acids is 1. The fourth-order valence-electron chi connectivity index (χ4n) is 3.23. The van der Waals surface area contributed by atoms with Crippen molar-refractivity contribution < 1.29 is 14.7 Å². The largest absolute Gasteiger partial charge is 0.481 e. The predicted molar refractivity (Wildman–Crippen MR) is 89.3 cm³/mol. The van der Waals surface area contributed by atoms with E-state index in [0.717, 1.165) is 16.9 Å². The number of carboxylic acids is 1. The summed E-state index contributed by atoms with van der Waals surface area (Å²) < 4.78 is 1.74. The highest BCUT2D eigenvalue weighted by Gasteiger charge is 2.39. The summed E-state index contributed by atoms with van der Waals surface area (Å²) in [6, 6.07) is 9.35. The van der Waals surface area contributed by atoms with E-state index in [1.165, 1.54) is 0 Å². The van der Waals surface area contributed by atoms with Crippen molar-refractivity contribution in [3.8, 4) is 5.69 Å². The van der Waals surface area contributed by atoms with Crippen molar-refractivity contribution >= 4 is 11.9 Å². The van der Waals surface area contributed by atoms with Crippen LogP contribution in [0.5, 0.6) is 0 Å². The number of likely N-dealkylation sites (tertiary alicyclic amines) is 1. The van der Waals surface area contributed by atoms with E-state index in [9.17, 15) is 14.7 Å². The number of nitrogens with zero attached hydrogens (tertiary/aromatic N) is 3. The molecule has 2 heterocycles. The molecule has 1 aromatic carbocycles. The van der Waals surface area contributed by atoms with Gasteiger partial charge in [0.05, 0.1) is 11.6 Å². The van der Waals surface area contributed by atoms with Crippen LogP contribution >= 0.6 is 0 Å². The second kappa shape index (κ2) is 6.11. The second-order valence-corrected chi connectivity index (χ2v) is 6.39. The average molecular weight is 327 g/mol. The Bertz CT molecular complexity index is 779. The molecule has 0 saturated carbocycles. The number of aliphatic carboxylic acids is 1. The number of carbonyl (C=O) groups is 2. The first-order chi connectivity index (χ1) is 11.4. The van der Waals surface area contributed by atoms with E-state index in [2.05, 4.69) is 5.10 Å². The molecular formula is C18H21N3O3. The summed E-state index contributed by atoms with van der Waals surface area (Å²) in [7, 11) is 0. The molecular weight excluding hydrogens is 306 g/mol. The molecule has 3 rings (SSSR count). The molecule has 1 saturated heterocycles. The molecule has 1 fully saturated rings. The molecule has 24 heavy (non-hydrogen) atoms. The van der Waals surface area contributed by atoms with Crippen LogP contribution in [0, 0.1) is 19.8 Å². The third-order valence-electron chi connectivity index (χ3n) is 4.72. The second-order valence-electron chi connectivity index (χ2n) is 6.39. The zero-order chi connectivity index (χ0) is 17.4. The zero-order valence-electron chi connectivity index (χ0n) is 14.1. The maximum Gasteiger partial charge on any atom is 0.308 e. The zero-order valence-corrected chi connectivity index (χ0v) is 14.1. The van der Waals surface area contributed by atoms with Crippen LogP contribution in [0.1, 0.15) is 35.1 Å². The van der Waals surface area contributed by atoms with Crippen molar-refractivity contribution in [1.29, 1.82) is 0 Å². The number of rotatable bonds is 3. The topological polar surface area (TPSA) is 75.4 Å². The normalized spacial score (nSPS) is 20.4. The number of hydrogen-bond donors (Lipinski definition) is 1. The highest BCUT2D eigenvalue weighted by Crippen LogP contribution is 2.26. The smallest absolute Gasteiger partial charge is 0.308 e. The van der Waals surface area contributed by atoms with Gasteiger partial charge in [0.15, 0.2) is 5.69 Å². The van der Waals surface area contributed by atoms with Gasteiger partial charge < -0.3 is 10.0 Å². The maximum atomic E-state index is 12.7. The van der Waals surface area contributed by atoms with Gasteiger partial charge in [-0.1, -0.05) is 17.7 Å². The number of hydrogen-bond acceptors (Lipinski definition) is 3. The summed E-state index contributed by atoms with van der Waals surface area (Å²) in [6.07, 6.45) is 0.486. The maximum absolute atomic E-state index is 12.7. The first-order valence-corrected chi connectivity index (χ1v) is 8.06. The lowest BCUT2D eigenvalue weighted by atomic mass is 10.0. The third-order valence-corrected chi connectivity index (χ3v) is 4.72. The molecule has 1 N–H and O–H groups in total. The molecule has 2 atom stereocenters. The lowest BCUT2D eigenvalue weighted by Crippen LogP contribution is -2.37. The van der Waals surface area contributed by atoms with Crippen molar-refractivity contribution in [2.24, 2.45) is 5.92 Å². The van der Waals surface area contributed by atoms with E-state index in [0.29, 0.717) is 18.7 Å². The van der Waals surface area contributed by atoms with Crippen molar-refractivity contribution in [1.82, 2.24) is 14.7 Å². The van der Waals surface area contributed by atoms with E-state index in [1.807, 2.05) is 38.1 Å². The molecule has 1 aliphatic rings. The molecule has 2 unspecified atom stereocenters. The van der Waals surface area contributed by atoms with Gasteiger partial charge in [0.1, 0.15) is 0 Å². The van der Waals surface area contributed by atoms with Crippen LogP contribution in [0.15, 0.2) is 30.3 Å². The van der Waals surface area contributed by atoms with Crippen LogP contribution in [0.3, 0.4) is 0 Å². The van der Waals surface area contributed by atoms with Crippen LogP contribution in [0.25, 0.3) is 5.69 Å². The summed E-state index contributed by atoms with van der Waals surface area (Å²) in [4.78, 5) is 25.6. The van der Waals surface area contributed by atoms with Gasteiger partial charge in [0.2, 0.25) is 0 Å². The monoisotopic (exact) mass is 327 g/mol. The first-order valence-electron chi connectivity index (χ1n) is 8.06. The van der Waals surface area contributed by atoms with Crippen molar-refractivity contribution in [2.45, 2.75) is 33.2 Å². The molecule has 0 bridgehead atoms. The highest BCUT2D eigenvalue weighted by atomic mass is 16.4. The van der Waals surface area contributed by atoms with Crippen LogP contribution in [0.4, 0.5) is 0 Å². The van der Waals surface area contributed by atoms with Gasteiger partial charge in [0.25, 0.3) is 5.91 Å². The number of carboxylic acid groups (broad SMARTS) is 1. The SMILES string of the molecule is Cc1ccc(-n2nc(C(=O)N3CCC(C(=O)O)C3C)cc2C)cc1. The molecule has 0 aliphatic carbocycles. The molecule has 0 spiro atoms.